The van der Waals surface area contributed by atoms with Crippen LogP contribution in [-0.2, 0) is 9.59 Å². The van der Waals surface area contributed by atoms with Gasteiger partial charge in [0.25, 0.3) is 0 Å². The Morgan fingerprint density at radius 1 is 1.47 bits per heavy atom. The normalized spacial score (nSPS) is 13.3. The molecule has 1 atom stereocenters. The van der Waals surface area contributed by atoms with Gasteiger partial charge < -0.3 is 16.2 Å². The molecule has 0 aliphatic heterocycles. The standard InChI is InChI=1S/C10H20N2O3/c1-7(6-11)9(15)12-10(2,3)5-4-8(13)14/h7H,4-6,11H2,1-3H3,(H,12,15)(H,13,14). The Kier molecular flexibility index (Phi) is 5.28. The lowest BCUT2D eigenvalue weighted by Gasteiger charge is -2.27. The van der Waals surface area contributed by atoms with Crippen LogP contribution in [0, 0.1) is 5.92 Å². The number of carboxylic acids is 1. The average Bonchev–Trinajstić information content (AvgIpc) is 2.13. The maximum Gasteiger partial charge on any atom is 0.303 e. The minimum atomic E-state index is -0.857. The Morgan fingerprint density at radius 3 is 2.40 bits per heavy atom. The van der Waals surface area contributed by atoms with E-state index in [-0.39, 0.29) is 18.2 Å². The number of carbonyl (C=O) groups is 2. The average molecular weight is 216 g/mol. The number of nitrogens with two attached hydrogens (primary N) is 1. The molecule has 0 spiro atoms. The van der Waals surface area contributed by atoms with E-state index in [9.17, 15) is 9.59 Å². The summed E-state index contributed by atoms with van der Waals surface area (Å²) < 4.78 is 0. The van der Waals surface area contributed by atoms with Crippen molar-refractivity contribution in [2.45, 2.75) is 39.2 Å². The van der Waals surface area contributed by atoms with E-state index < -0.39 is 11.5 Å². The highest BCUT2D eigenvalue weighted by Gasteiger charge is 2.23. The van der Waals surface area contributed by atoms with Gasteiger partial charge in [0, 0.05) is 24.4 Å². The lowest BCUT2D eigenvalue weighted by Crippen LogP contribution is -2.47. The lowest BCUT2D eigenvalue weighted by atomic mass is 9.97. The molecular formula is C10H20N2O3. The second-order valence-electron chi connectivity index (χ2n) is 4.40. The summed E-state index contributed by atoms with van der Waals surface area (Å²) in [5, 5.41) is 11.3. The van der Waals surface area contributed by atoms with Crippen molar-refractivity contribution in [3.05, 3.63) is 0 Å². The Balaban J connectivity index is 4.12. The first-order chi connectivity index (χ1) is 6.78. The third kappa shape index (κ3) is 6.06. The van der Waals surface area contributed by atoms with Crippen LogP contribution in [0.2, 0.25) is 0 Å². The fourth-order valence-electron chi connectivity index (χ4n) is 1.05. The van der Waals surface area contributed by atoms with Crippen LogP contribution in [-0.4, -0.2) is 29.1 Å². The summed E-state index contributed by atoms with van der Waals surface area (Å²) >= 11 is 0. The molecule has 0 aliphatic rings. The summed E-state index contributed by atoms with van der Waals surface area (Å²) in [4.78, 5) is 21.9. The maximum absolute atomic E-state index is 11.5. The summed E-state index contributed by atoms with van der Waals surface area (Å²) in [5.41, 5.74) is 4.86. The second-order valence-corrected chi connectivity index (χ2v) is 4.40. The van der Waals surface area contributed by atoms with Crippen LogP contribution in [0.15, 0.2) is 0 Å². The molecular weight excluding hydrogens is 196 g/mol. The van der Waals surface area contributed by atoms with Crippen LogP contribution in [0.3, 0.4) is 0 Å². The van der Waals surface area contributed by atoms with E-state index in [1.165, 1.54) is 0 Å². The lowest BCUT2D eigenvalue weighted by molar-refractivity contribution is -0.138. The number of nitrogens with one attached hydrogen (secondary N) is 1. The van der Waals surface area contributed by atoms with Crippen molar-refractivity contribution in [2.24, 2.45) is 11.7 Å². The van der Waals surface area contributed by atoms with Crippen molar-refractivity contribution in [3.8, 4) is 0 Å². The summed E-state index contributed by atoms with van der Waals surface area (Å²) in [6.07, 6.45) is 0.454. The Bertz CT molecular complexity index is 239. The van der Waals surface area contributed by atoms with Gasteiger partial charge >= 0.3 is 5.97 Å². The van der Waals surface area contributed by atoms with Gasteiger partial charge in [-0.3, -0.25) is 9.59 Å². The summed E-state index contributed by atoms with van der Waals surface area (Å²) in [6.45, 7) is 5.64. The van der Waals surface area contributed by atoms with Crippen molar-refractivity contribution < 1.29 is 14.7 Å². The molecule has 1 unspecified atom stereocenters. The highest BCUT2D eigenvalue weighted by molar-refractivity contribution is 5.79. The van der Waals surface area contributed by atoms with E-state index in [1.54, 1.807) is 20.8 Å². The van der Waals surface area contributed by atoms with E-state index in [0.29, 0.717) is 13.0 Å². The van der Waals surface area contributed by atoms with Gasteiger partial charge in [-0.25, -0.2) is 0 Å². The number of aliphatic carboxylic acids is 1. The van der Waals surface area contributed by atoms with Crippen LogP contribution in [0.5, 0.6) is 0 Å². The molecule has 88 valence electrons. The zero-order chi connectivity index (χ0) is 12.1. The van der Waals surface area contributed by atoms with Crippen LogP contribution in [0.25, 0.3) is 0 Å². The predicted molar refractivity (Wildman–Crippen MR) is 57.3 cm³/mol. The zero-order valence-electron chi connectivity index (χ0n) is 9.54. The van der Waals surface area contributed by atoms with Crippen molar-refractivity contribution in [1.29, 1.82) is 0 Å². The van der Waals surface area contributed by atoms with E-state index in [2.05, 4.69) is 5.32 Å². The molecule has 0 rings (SSSR count). The van der Waals surface area contributed by atoms with Crippen molar-refractivity contribution in [3.63, 3.8) is 0 Å². The monoisotopic (exact) mass is 216 g/mol. The fourth-order valence-corrected chi connectivity index (χ4v) is 1.05. The third-order valence-corrected chi connectivity index (χ3v) is 2.23. The van der Waals surface area contributed by atoms with Crippen LogP contribution >= 0.6 is 0 Å². The SMILES string of the molecule is CC(CN)C(=O)NC(C)(C)CCC(=O)O. The molecule has 0 aromatic heterocycles. The van der Waals surface area contributed by atoms with Crippen LogP contribution in [0.4, 0.5) is 0 Å². The van der Waals surface area contributed by atoms with Crippen molar-refractivity contribution in [2.75, 3.05) is 6.54 Å². The Labute approximate surface area is 90.0 Å². The quantitative estimate of drug-likeness (QED) is 0.597. The topological polar surface area (TPSA) is 92.4 Å². The number of hydrogen-bond donors (Lipinski definition) is 3. The minimum absolute atomic E-state index is 0.0459. The molecule has 4 N–H and O–H groups in total. The van der Waals surface area contributed by atoms with Crippen molar-refractivity contribution in [1.82, 2.24) is 5.32 Å². The van der Waals surface area contributed by atoms with E-state index >= 15 is 0 Å². The fraction of sp³-hybridized carbons (Fsp3) is 0.800. The first kappa shape index (κ1) is 13.9. The molecule has 0 aromatic rings. The molecule has 0 fully saturated rings. The van der Waals surface area contributed by atoms with E-state index in [0.717, 1.165) is 0 Å². The van der Waals surface area contributed by atoms with Gasteiger partial charge in [0.1, 0.15) is 0 Å². The molecule has 0 bridgehead atoms. The highest BCUT2D eigenvalue weighted by atomic mass is 16.4. The smallest absolute Gasteiger partial charge is 0.303 e. The molecule has 0 heterocycles. The number of carboxylic acid groups (broad SMARTS) is 1. The molecule has 5 nitrogen and oxygen atoms in total. The molecule has 0 saturated heterocycles. The maximum atomic E-state index is 11.5. The van der Waals surface area contributed by atoms with Crippen LogP contribution < -0.4 is 11.1 Å². The number of rotatable bonds is 6. The second kappa shape index (κ2) is 5.70. The molecule has 5 heteroatoms. The predicted octanol–water partition coefficient (Wildman–Crippen LogP) is 0.341. The van der Waals surface area contributed by atoms with Gasteiger partial charge in [-0.05, 0) is 20.3 Å². The molecule has 0 aromatic carbocycles. The van der Waals surface area contributed by atoms with Gasteiger partial charge in [-0.1, -0.05) is 6.92 Å². The number of hydrogen-bond acceptors (Lipinski definition) is 3. The summed E-state index contributed by atoms with van der Waals surface area (Å²) in [5.74, 6) is -1.23. The molecule has 0 aliphatic carbocycles. The van der Waals surface area contributed by atoms with Gasteiger partial charge in [-0.15, -0.1) is 0 Å². The molecule has 1 amide bonds. The third-order valence-electron chi connectivity index (χ3n) is 2.23. The summed E-state index contributed by atoms with van der Waals surface area (Å²) in [7, 11) is 0. The van der Waals surface area contributed by atoms with Gasteiger partial charge in [0.2, 0.25) is 5.91 Å². The number of carbonyl (C=O) groups excluding carboxylic acids is 1. The zero-order valence-corrected chi connectivity index (χ0v) is 9.54. The first-order valence-electron chi connectivity index (χ1n) is 5.02. The number of amides is 1. The van der Waals surface area contributed by atoms with Crippen LogP contribution in [0.1, 0.15) is 33.6 Å². The molecule has 0 radical (unpaired) electrons. The van der Waals surface area contributed by atoms with Gasteiger partial charge in [0.15, 0.2) is 0 Å². The van der Waals surface area contributed by atoms with E-state index in [1.807, 2.05) is 0 Å². The van der Waals surface area contributed by atoms with Crippen molar-refractivity contribution >= 4 is 11.9 Å². The summed E-state index contributed by atoms with van der Waals surface area (Å²) in [6, 6.07) is 0. The minimum Gasteiger partial charge on any atom is -0.481 e. The highest BCUT2D eigenvalue weighted by Crippen LogP contribution is 2.12. The van der Waals surface area contributed by atoms with Gasteiger partial charge in [-0.2, -0.15) is 0 Å². The first-order valence-corrected chi connectivity index (χ1v) is 5.02. The van der Waals surface area contributed by atoms with Gasteiger partial charge in [0.05, 0.1) is 0 Å². The van der Waals surface area contributed by atoms with E-state index in [4.69, 9.17) is 10.8 Å². The Morgan fingerprint density at radius 2 is 2.00 bits per heavy atom. The largest absolute Gasteiger partial charge is 0.481 e. The Hall–Kier alpha value is -1.10. The molecule has 15 heavy (non-hydrogen) atoms. The molecule has 0 saturated carbocycles.